The molecule has 858 valence electrons. The van der Waals surface area contributed by atoms with Gasteiger partial charge in [-0.1, -0.05) is 465 Å². The van der Waals surface area contributed by atoms with Crippen LogP contribution in [-0.4, -0.2) is 177 Å². The molecule has 0 aromatic rings. The van der Waals surface area contributed by atoms with E-state index >= 15 is 14.4 Å². The van der Waals surface area contributed by atoms with Crippen molar-refractivity contribution in [2.24, 2.45) is 0 Å². The topological polar surface area (TPSA) is 391 Å². The van der Waals surface area contributed by atoms with Crippen LogP contribution in [0, 0.1) is 0 Å². The maximum absolute atomic E-state index is 15.4. The standard InChI is InChI=1S/C117H220N2O25P2/c1-9-16-23-30-37-44-47-50-53-60-67-74-81-88-105(124)136-98(85-78-71-64-57-41-34-27-20-13-5)92-103(122)118-110-114(141-108(127)91-97(121)84-77-70-63-56-40-33-26-19-12-4)112(129)102(140-117(110)144-145(8,130)131)96-135-116-111(119-104(123)93-99(86-79-72-65-58-42-35-28-21-14-6)137-106(125)89-82-75-68-61-54-51-48-45-38-31-24-17-10-2)115(113(101(95-120)139-116)143-146(132,133)134)142-109(128)94-100(87-80-73-66-59-43-36-29-22-15-7)138-107(126)90-83-76-69-62-55-52-49-46-39-32-25-18-11-3/h45,48,97-102,110-117,120-121,129H,9-44,46-47,49-96H2,1-8H3,(H,118,122)(H,119,123)(H,130,131)(H2,132,133,134)/b48-45-/t97?,98?,99?,100?,101?,102?,110?,111?,112-,113?,114-,115-,116-,117?/m1/s1. The van der Waals surface area contributed by atoms with Gasteiger partial charge in [-0.15, -0.1) is 0 Å². The Morgan fingerprint density at radius 2 is 0.582 bits per heavy atom. The Balaban J connectivity index is 2.93. The minimum absolute atomic E-state index is 0.0804. The van der Waals surface area contributed by atoms with Crippen molar-refractivity contribution in [1.82, 2.24) is 10.6 Å². The van der Waals surface area contributed by atoms with E-state index in [2.05, 4.69) is 71.3 Å². The number of unbranched alkanes of at least 4 members (excludes halogenated alkanes) is 65. The maximum Gasteiger partial charge on any atom is 0.470 e. The van der Waals surface area contributed by atoms with Crippen LogP contribution in [0.2, 0.25) is 0 Å². The summed E-state index contributed by atoms with van der Waals surface area (Å²) in [5, 5.41) is 41.5. The van der Waals surface area contributed by atoms with Gasteiger partial charge in [-0.2, -0.15) is 0 Å². The Bertz CT molecular complexity index is 3250. The third kappa shape index (κ3) is 78.2. The van der Waals surface area contributed by atoms with E-state index in [0.717, 1.165) is 289 Å². The lowest BCUT2D eigenvalue weighted by atomic mass is 9.95. The second-order valence-electron chi connectivity index (χ2n) is 43.0. The first-order chi connectivity index (χ1) is 70.7. The van der Waals surface area contributed by atoms with Gasteiger partial charge in [0.15, 0.2) is 24.8 Å². The molecule has 29 heteroatoms. The number of allylic oxidation sites excluding steroid dienone is 2. The lowest BCUT2D eigenvalue weighted by Gasteiger charge is -2.47. The highest BCUT2D eigenvalue weighted by Gasteiger charge is 2.55. The van der Waals surface area contributed by atoms with E-state index in [0.29, 0.717) is 51.4 Å². The van der Waals surface area contributed by atoms with Gasteiger partial charge in [0.25, 0.3) is 0 Å². The zero-order valence-corrected chi connectivity index (χ0v) is 95.7. The Labute approximate surface area is 888 Å². The molecule has 2 saturated heterocycles. The zero-order chi connectivity index (χ0) is 107. The second kappa shape index (κ2) is 94.6. The Morgan fingerprint density at radius 1 is 0.315 bits per heavy atom. The molecule has 2 aliphatic rings. The fraction of sp³-hybridized carbons (Fsp3) is 0.923. The van der Waals surface area contributed by atoms with E-state index in [1.165, 1.54) is 141 Å². The predicted molar refractivity (Wildman–Crippen MR) is 586 cm³/mol. The lowest BCUT2D eigenvalue weighted by molar-refractivity contribution is -0.296. The molecule has 0 radical (unpaired) electrons. The zero-order valence-electron chi connectivity index (χ0n) is 93.9. The average molecular weight is 2120 g/mol. The van der Waals surface area contributed by atoms with Crippen LogP contribution in [0.3, 0.4) is 0 Å². The van der Waals surface area contributed by atoms with E-state index in [4.69, 9.17) is 46.9 Å². The molecule has 2 fully saturated rings. The van der Waals surface area contributed by atoms with E-state index in [1.54, 1.807) is 0 Å². The van der Waals surface area contributed by atoms with Gasteiger partial charge in [0.05, 0.1) is 45.0 Å². The number of carbonyl (C=O) groups is 7. The average Bonchev–Trinajstić information content (AvgIpc) is 0.773. The minimum Gasteiger partial charge on any atom is -0.462 e. The maximum atomic E-state index is 15.4. The summed E-state index contributed by atoms with van der Waals surface area (Å²) in [6, 6.07) is -3.73. The molecule has 146 heavy (non-hydrogen) atoms. The van der Waals surface area contributed by atoms with E-state index < -0.39 is 182 Å². The van der Waals surface area contributed by atoms with Crippen molar-refractivity contribution >= 4 is 57.1 Å². The number of phosphoric ester groups is 1. The first-order valence-corrected chi connectivity index (χ1v) is 64.1. The molecule has 27 nitrogen and oxygen atoms in total. The van der Waals surface area contributed by atoms with Crippen LogP contribution in [0.15, 0.2) is 12.2 Å². The number of nitrogens with one attached hydrogen (secondary N) is 2. The number of phosphoric acid groups is 1. The summed E-state index contributed by atoms with van der Waals surface area (Å²) in [7, 11) is -10.5. The van der Waals surface area contributed by atoms with Gasteiger partial charge in [-0.3, -0.25) is 47.2 Å². The van der Waals surface area contributed by atoms with Crippen molar-refractivity contribution in [3.63, 3.8) is 0 Å². The van der Waals surface area contributed by atoms with Gasteiger partial charge < -0.3 is 78.5 Å². The van der Waals surface area contributed by atoms with Crippen molar-refractivity contribution in [2.75, 3.05) is 19.9 Å². The fourth-order valence-corrected chi connectivity index (χ4v) is 21.2. The van der Waals surface area contributed by atoms with Crippen LogP contribution in [-0.2, 0) is 89.6 Å². The van der Waals surface area contributed by atoms with E-state index in [9.17, 15) is 58.3 Å². The van der Waals surface area contributed by atoms with Crippen LogP contribution in [0.4, 0.5) is 0 Å². The van der Waals surface area contributed by atoms with Crippen molar-refractivity contribution in [1.29, 1.82) is 0 Å². The number of aliphatic hydroxyl groups is 3. The molecule has 0 aromatic heterocycles. The molecule has 0 spiro atoms. The SMILES string of the molecule is CCCCCC/C=C\CCCCCCCC(=O)OC(CCCCCCCCCCC)CC(=O)NC1[C@H](OCC2OC(OP(C)(=O)O)C(NC(=O)CC(CCCCCCCCCCC)OC(=O)CCCCCCCCCCCCCCC)[C@@H](OC(=O)CC(O)CCCCCCCCCCC)[C@@H]2O)OC(CO)C(OP(=O)(O)O)[C@@H]1OC(=O)CC(CCCCCCCCCCC)OC(=O)CCCCCCCCCCCCCCC. The molecular weight excluding hydrogens is 1900 g/mol. The Hall–Kier alpha value is -3.95. The first-order valence-electron chi connectivity index (χ1n) is 60.6. The third-order valence-electron chi connectivity index (χ3n) is 28.8. The number of amides is 2. The number of carbonyl (C=O) groups excluding carboxylic acids is 7. The number of ether oxygens (including phenoxy) is 8. The van der Waals surface area contributed by atoms with Gasteiger partial charge in [0.2, 0.25) is 11.8 Å². The van der Waals surface area contributed by atoms with Crippen molar-refractivity contribution in [3.05, 3.63) is 12.2 Å². The number of hydrogen-bond donors (Lipinski definition) is 8. The molecule has 0 aliphatic carbocycles. The van der Waals surface area contributed by atoms with Crippen molar-refractivity contribution in [2.45, 2.75) is 674 Å². The van der Waals surface area contributed by atoms with Crippen LogP contribution in [0.25, 0.3) is 0 Å². The quantitative estimate of drug-likeness (QED) is 0.00921. The summed E-state index contributed by atoms with van der Waals surface area (Å²) >= 11 is 0. The number of rotatable bonds is 104. The Morgan fingerprint density at radius 3 is 0.897 bits per heavy atom. The van der Waals surface area contributed by atoms with Gasteiger partial charge in [-0.25, -0.2) is 4.57 Å². The van der Waals surface area contributed by atoms with Gasteiger partial charge in [-0.05, 0) is 89.9 Å². The first kappa shape index (κ1) is 138. The summed E-state index contributed by atoms with van der Waals surface area (Å²) in [5.41, 5.74) is 0. The largest absolute Gasteiger partial charge is 0.470 e. The molecule has 8 N–H and O–H groups in total. The van der Waals surface area contributed by atoms with Crippen LogP contribution >= 0.6 is 15.4 Å². The molecule has 2 heterocycles. The molecule has 0 saturated carbocycles. The summed E-state index contributed by atoms with van der Waals surface area (Å²) in [5.74, 6) is -5.29. The number of esters is 5. The highest BCUT2D eigenvalue weighted by Crippen LogP contribution is 2.45. The molecule has 2 amide bonds. The molecule has 2 aliphatic heterocycles. The van der Waals surface area contributed by atoms with Gasteiger partial charge in [0.1, 0.15) is 54.8 Å². The smallest absolute Gasteiger partial charge is 0.462 e. The highest BCUT2D eigenvalue weighted by molar-refractivity contribution is 7.51. The summed E-state index contributed by atoms with van der Waals surface area (Å²) in [4.78, 5) is 135. The summed E-state index contributed by atoms with van der Waals surface area (Å²) in [6.07, 6.45) is 59.2. The monoisotopic (exact) mass is 2120 g/mol. The fourth-order valence-electron chi connectivity index (χ4n) is 20.0. The highest BCUT2D eigenvalue weighted by atomic mass is 31.2. The normalized spacial score (nSPS) is 19.4. The van der Waals surface area contributed by atoms with E-state index in [-0.39, 0.29) is 38.5 Å². The number of aliphatic hydroxyl groups excluding tert-OH is 3. The molecular formula is C117H220N2O25P2. The number of hydrogen-bond acceptors (Lipinski definition) is 22. The van der Waals surface area contributed by atoms with Gasteiger partial charge in [0, 0.05) is 25.9 Å². The lowest BCUT2D eigenvalue weighted by Crippen LogP contribution is -2.68. The van der Waals surface area contributed by atoms with Crippen LogP contribution in [0.5, 0.6) is 0 Å². The molecule has 0 aromatic carbocycles. The molecule has 2 rings (SSSR count). The van der Waals surface area contributed by atoms with E-state index in [1.807, 2.05) is 0 Å². The minimum atomic E-state index is -5.70. The van der Waals surface area contributed by atoms with Crippen molar-refractivity contribution in [3.8, 4) is 0 Å². The Kier molecular flexibility index (Phi) is 89.4. The molecule has 0 bridgehead atoms. The van der Waals surface area contributed by atoms with Gasteiger partial charge >= 0.3 is 45.3 Å². The second-order valence-corrected chi connectivity index (χ2v) is 46.1. The van der Waals surface area contributed by atoms with Crippen LogP contribution in [0.1, 0.15) is 588 Å². The summed E-state index contributed by atoms with van der Waals surface area (Å²) < 4.78 is 89.2. The molecule has 15 atom stereocenters. The van der Waals surface area contributed by atoms with Crippen LogP contribution < -0.4 is 10.6 Å². The third-order valence-corrected chi connectivity index (χ3v) is 29.9. The van der Waals surface area contributed by atoms with Crippen molar-refractivity contribution < 1.29 is 120 Å². The summed E-state index contributed by atoms with van der Waals surface area (Å²) in [6.45, 7) is 14.2. The predicted octanol–water partition coefficient (Wildman–Crippen LogP) is 29.5. The molecule has 11 unspecified atom stereocenters.